The average Bonchev–Trinajstić information content (AvgIpc) is 2.58. The van der Waals surface area contributed by atoms with E-state index in [2.05, 4.69) is 5.32 Å². The molecule has 0 radical (unpaired) electrons. The zero-order valence-corrected chi connectivity index (χ0v) is 13.4. The van der Waals surface area contributed by atoms with Gasteiger partial charge in [0.05, 0.1) is 12.1 Å². The average molecular weight is 318 g/mol. The molecule has 1 amide bonds. The molecule has 1 heterocycles. The molecule has 4 nitrogen and oxygen atoms in total. The number of carbonyl (C=O) groups excluding carboxylic acids is 1. The molecule has 0 aliphatic heterocycles. The number of nitrogens with one attached hydrogen (secondary N) is 1. The van der Waals surface area contributed by atoms with Crippen molar-refractivity contribution >= 4 is 11.6 Å². The first-order valence-corrected chi connectivity index (χ1v) is 7.74. The first-order valence-electron chi connectivity index (χ1n) is 7.74. The summed E-state index contributed by atoms with van der Waals surface area (Å²) in [4.78, 5) is 24.4. The van der Waals surface area contributed by atoms with Crippen molar-refractivity contribution in [3.63, 3.8) is 0 Å². The molecule has 0 fully saturated rings. The van der Waals surface area contributed by atoms with Crippen molar-refractivity contribution < 1.29 is 4.79 Å². The lowest BCUT2D eigenvalue weighted by Gasteiger charge is -2.09. The van der Waals surface area contributed by atoms with Gasteiger partial charge in [-0.2, -0.15) is 0 Å². The van der Waals surface area contributed by atoms with Crippen molar-refractivity contribution in [1.29, 1.82) is 0 Å². The number of pyridine rings is 1. The summed E-state index contributed by atoms with van der Waals surface area (Å²) in [5.41, 5.74) is 3.14. The van der Waals surface area contributed by atoms with Crippen LogP contribution in [0, 0.1) is 6.92 Å². The Morgan fingerprint density at radius 2 is 1.79 bits per heavy atom. The van der Waals surface area contributed by atoms with Gasteiger partial charge >= 0.3 is 0 Å². The van der Waals surface area contributed by atoms with Crippen LogP contribution < -0.4 is 10.9 Å². The number of anilines is 1. The Kier molecular flexibility index (Phi) is 4.57. The van der Waals surface area contributed by atoms with E-state index < -0.39 is 0 Å². The minimum atomic E-state index is -0.234. The van der Waals surface area contributed by atoms with Crippen molar-refractivity contribution in [2.45, 2.75) is 13.5 Å². The fourth-order valence-corrected chi connectivity index (χ4v) is 2.50. The lowest BCUT2D eigenvalue weighted by atomic mass is 10.2. The van der Waals surface area contributed by atoms with Gasteiger partial charge < -0.3 is 9.88 Å². The number of amides is 1. The van der Waals surface area contributed by atoms with E-state index in [4.69, 9.17) is 0 Å². The maximum atomic E-state index is 12.4. The Hall–Kier alpha value is -3.14. The minimum Gasteiger partial charge on any atom is -0.322 e. The van der Waals surface area contributed by atoms with Crippen LogP contribution in [0.3, 0.4) is 0 Å². The monoisotopic (exact) mass is 318 g/mol. The van der Waals surface area contributed by atoms with Crippen LogP contribution in [0.15, 0.2) is 77.7 Å². The van der Waals surface area contributed by atoms with Gasteiger partial charge in [0.1, 0.15) is 0 Å². The lowest BCUT2D eigenvalue weighted by Crippen LogP contribution is -2.22. The summed E-state index contributed by atoms with van der Waals surface area (Å²) in [6.07, 6.45) is 1.60. The number of benzene rings is 2. The van der Waals surface area contributed by atoms with Gasteiger partial charge in [-0.3, -0.25) is 9.59 Å². The zero-order valence-electron chi connectivity index (χ0n) is 13.4. The van der Waals surface area contributed by atoms with Gasteiger partial charge in [0.2, 0.25) is 0 Å². The molecule has 120 valence electrons. The van der Waals surface area contributed by atoms with E-state index in [1.165, 1.54) is 6.07 Å². The van der Waals surface area contributed by atoms with E-state index in [1.807, 2.05) is 61.5 Å². The predicted molar refractivity (Wildman–Crippen MR) is 95.4 cm³/mol. The second-order valence-electron chi connectivity index (χ2n) is 5.69. The Labute approximate surface area is 140 Å². The zero-order chi connectivity index (χ0) is 16.9. The van der Waals surface area contributed by atoms with Crippen LogP contribution in [0.25, 0.3) is 0 Å². The number of hydrogen-bond acceptors (Lipinski definition) is 2. The molecule has 1 aromatic heterocycles. The molecule has 1 N–H and O–H groups in total. The van der Waals surface area contributed by atoms with Gasteiger partial charge in [-0.05, 0) is 36.2 Å². The summed E-state index contributed by atoms with van der Waals surface area (Å²) in [6, 6.07) is 20.3. The molecule has 0 aliphatic carbocycles. The smallest absolute Gasteiger partial charge is 0.257 e. The molecule has 2 aromatic carbocycles. The summed E-state index contributed by atoms with van der Waals surface area (Å²) in [6.45, 7) is 2.40. The molecule has 0 unspecified atom stereocenters. The minimum absolute atomic E-state index is 0.133. The van der Waals surface area contributed by atoms with Crippen LogP contribution in [0.1, 0.15) is 21.5 Å². The van der Waals surface area contributed by atoms with Crippen LogP contribution in [0.2, 0.25) is 0 Å². The highest BCUT2D eigenvalue weighted by molar-refractivity contribution is 6.04. The van der Waals surface area contributed by atoms with E-state index in [-0.39, 0.29) is 11.5 Å². The first-order chi connectivity index (χ1) is 11.6. The molecule has 24 heavy (non-hydrogen) atoms. The lowest BCUT2D eigenvalue weighted by molar-refractivity contribution is 0.102. The molecule has 3 rings (SSSR count). The first kappa shape index (κ1) is 15.7. The van der Waals surface area contributed by atoms with Crippen molar-refractivity contribution in [3.8, 4) is 0 Å². The Balaban J connectivity index is 1.82. The summed E-state index contributed by atoms with van der Waals surface area (Å²) >= 11 is 0. The largest absolute Gasteiger partial charge is 0.322 e. The molecular formula is C20H18N2O2. The summed E-state index contributed by atoms with van der Waals surface area (Å²) in [7, 11) is 0. The molecular weight excluding hydrogens is 300 g/mol. The molecule has 0 bridgehead atoms. The highest BCUT2D eigenvalue weighted by Crippen LogP contribution is 2.11. The van der Waals surface area contributed by atoms with Gasteiger partial charge in [-0.15, -0.1) is 0 Å². The Morgan fingerprint density at radius 1 is 1.00 bits per heavy atom. The summed E-state index contributed by atoms with van der Waals surface area (Å²) < 4.78 is 1.54. The summed E-state index contributed by atoms with van der Waals surface area (Å²) in [5, 5.41) is 2.86. The quantitative estimate of drug-likeness (QED) is 0.801. The van der Waals surface area contributed by atoms with Crippen molar-refractivity contribution in [2.75, 3.05) is 5.32 Å². The third kappa shape index (κ3) is 3.79. The van der Waals surface area contributed by atoms with Crippen LogP contribution in [0.5, 0.6) is 0 Å². The van der Waals surface area contributed by atoms with E-state index in [1.54, 1.807) is 16.8 Å². The summed E-state index contributed by atoms with van der Waals surface area (Å²) in [5.74, 6) is -0.234. The maximum absolute atomic E-state index is 12.4. The third-order valence-corrected chi connectivity index (χ3v) is 3.72. The number of rotatable bonds is 4. The highest BCUT2D eigenvalue weighted by atomic mass is 16.2. The number of aryl methyl sites for hydroxylation is 1. The number of nitrogens with zero attached hydrogens (tertiary/aromatic N) is 1. The number of hydrogen-bond donors (Lipinski definition) is 1. The van der Waals surface area contributed by atoms with Crippen LogP contribution in [-0.2, 0) is 6.54 Å². The van der Waals surface area contributed by atoms with Gasteiger partial charge in [-0.1, -0.05) is 42.5 Å². The molecule has 0 saturated carbocycles. The normalized spacial score (nSPS) is 10.4. The molecule has 0 spiro atoms. The van der Waals surface area contributed by atoms with Gasteiger partial charge in [-0.25, -0.2) is 0 Å². The van der Waals surface area contributed by atoms with Crippen LogP contribution >= 0.6 is 0 Å². The highest BCUT2D eigenvalue weighted by Gasteiger charge is 2.08. The Bertz CT molecular complexity index is 914. The fraction of sp³-hybridized carbons (Fsp3) is 0.100. The maximum Gasteiger partial charge on any atom is 0.257 e. The van der Waals surface area contributed by atoms with Crippen LogP contribution in [-0.4, -0.2) is 10.5 Å². The van der Waals surface area contributed by atoms with Crippen LogP contribution in [0.4, 0.5) is 5.69 Å². The van der Waals surface area contributed by atoms with E-state index in [0.717, 1.165) is 16.8 Å². The second-order valence-corrected chi connectivity index (χ2v) is 5.69. The van der Waals surface area contributed by atoms with E-state index >= 15 is 0 Å². The standard InChI is InChI=1S/C20H18N2O2/c1-15-6-5-9-18(12-15)21-20(24)17-10-11-19(23)22(14-17)13-16-7-3-2-4-8-16/h2-12,14H,13H2,1H3,(H,21,24). The number of aromatic nitrogens is 1. The van der Waals surface area contributed by atoms with E-state index in [0.29, 0.717) is 12.1 Å². The molecule has 4 heteroatoms. The Morgan fingerprint density at radius 3 is 2.54 bits per heavy atom. The molecule has 0 aliphatic rings. The molecule has 0 atom stereocenters. The van der Waals surface area contributed by atoms with Crippen molar-refractivity contribution in [2.24, 2.45) is 0 Å². The van der Waals surface area contributed by atoms with Gasteiger partial charge in [0, 0.05) is 18.0 Å². The van der Waals surface area contributed by atoms with Crippen molar-refractivity contribution in [3.05, 3.63) is 100.0 Å². The SMILES string of the molecule is Cc1cccc(NC(=O)c2ccc(=O)n(Cc3ccccc3)c2)c1. The number of carbonyl (C=O) groups is 1. The predicted octanol–water partition coefficient (Wildman–Crippen LogP) is 3.46. The molecule has 3 aromatic rings. The van der Waals surface area contributed by atoms with Gasteiger partial charge in [0.25, 0.3) is 11.5 Å². The second kappa shape index (κ2) is 6.96. The van der Waals surface area contributed by atoms with E-state index in [9.17, 15) is 9.59 Å². The third-order valence-electron chi connectivity index (χ3n) is 3.72. The topological polar surface area (TPSA) is 51.1 Å². The van der Waals surface area contributed by atoms with Crippen molar-refractivity contribution in [1.82, 2.24) is 4.57 Å². The van der Waals surface area contributed by atoms with Gasteiger partial charge in [0.15, 0.2) is 0 Å². The molecule has 0 saturated heterocycles. The fourth-order valence-electron chi connectivity index (χ4n) is 2.50.